The van der Waals surface area contributed by atoms with Crippen LogP contribution < -0.4 is 20.1 Å². The first-order chi connectivity index (χ1) is 12.1. The first kappa shape index (κ1) is 18.5. The highest BCUT2D eigenvalue weighted by Gasteiger charge is 2.06. The van der Waals surface area contributed by atoms with Crippen LogP contribution in [0.15, 0.2) is 42.6 Å². The molecule has 0 aliphatic rings. The molecule has 7 heteroatoms. The Morgan fingerprint density at radius 3 is 2.44 bits per heavy atom. The number of methoxy groups -OCH3 is 2. The molecule has 134 valence electrons. The van der Waals surface area contributed by atoms with Crippen LogP contribution in [0.3, 0.4) is 0 Å². The molecule has 1 heterocycles. The summed E-state index contributed by atoms with van der Waals surface area (Å²) in [5.74, 6) is 1.91. The lowest BCUT2D eigenvalue weighted by atomic mass is 10.3. The minimum absolute atomic E-state index is 0.0524. The van der Waals surface area contributed by atoms with Crippen molar-refractivity contribution in [3.63, 3.8) is 0 Å². The lowest BCUT2D eigenvalue weighted by Crippen LogP contribution is -2.42. The van der Waals surface area contributed by atoms with Crippen molar-refractivity contribution in [3.05, 3.63) is 48.2 Å². The summed E-state index contributed by atoms with van der Waals surface area (Å²) < 4.78 is 15.7. The summed E-state index contributed by atoms with van der Waals surface area (Å²) in [5, 5.41) is 5.54. The number of aromatic nitrogens is 1. The number of amides is 2. The van der Waals surface area contributed by atoms with Crippen LogP contribution in [0.5, 0.6) is 17.4 Å². The van der Waals surface area contributed by atoms with Gasteiger partial charge in [-0.05, 0) is 36.8 Å². The molecular weight excluding hydrogens is 322 g/mol. The molecule has 7 nitrogen and oxygen atoms in total. The molecular formula is C18H23N3O4. The summed E-state index contributed by atoms with van der Waals surface area (Å²) in [6.45, 7) is 2.71. The molecule has 0 aliphatic heterocycles. The van der Waals surface area contributed by atoms with Gasteiger partial charge in [0, 0.05) is 25.9 Å². The van der Waals surface area contributed by atoms with Crippen LogP contribution in [0.25, 0.3) is 0 Å². The van der Waals surface area contributed by atoms with Crippen molar-refractivity contribution in [1.29, 1.82) is 0 Å². The Morgan fingerprint density at radius 2 is 1.84 bits per heavy atom. The molecule has 0 aliphatic carbocycles. The molecule has 2 amide bonds. The zero-order chi connectivity index (χ0) is 18.1. The Hall–Kier alpha value is -2.80. The number of carbonyl (C=O) groups is 1. The Balaban J connectivity index is 1.81. The molecule has 1 atom stereocenters. The second-order valence-electron chi connectivity index (χ2n) is 5.47. The maximum absolute atomic E-state index is 11.7. The minimum Gasteiger partial charge on any atom is -0.497 e. The summed E-state index contributed by atoms with van der Waals surface area (Å²) in [6.07, 6.45) is 1.66. The van der Waals surface area contributed by atoms with E-state index in [2.05, 4.69) is 15.6 Å². The molecule has 0 radical (unpaired) electrons. The molecule has 0 saturated carbocycles. The summed E-state index contributed by atoms with van der Waals surface area (Å²) in [7, 11) is 3.21. The van der Waals surface area contributed by atoms with Crippen molar-refractivity contribution in [3.8, 4) is 17.4 Å². The normalized spacial score (nSPS) is 11.5. The van der Waals surface area contributed by atoms with Gasteiger partial charge in [-0.15, -0.1) is 0 Å². The van der Waals surface area contributed by atoms with E-state index in [1.165, 1.54) is 0 Å². The van der Waals surface area contributed by atoms with Gasteiger partial charge in [0.25, 0.3) is 0 Å². The zero-order valence-corrected chi connectivity index (χ0v) is 14.6. The SMILES string of the molecule is COC[C@@H](C)NC(=O)NCc1ccc(Oc2ccc(OC)cc2)nc1. The second-order valence-corrected chi connectivity index (χ2v) is 5.47. The minimum atomic E-state index is -0.247. The predicted octanol–water partition coefficient (Wildman–Crippen LogP) is 2.72. The maximum atomic E-state index is 11.7. The highest BCUT2D eigenvalue weighted by molar-refractivity contribution is 5.74. The number of pyridine rings is 1. The van der Waals surface area contributed by atoms with Crippen molar-refractivity contribution in [2.45, 2.75) is 19.5 Å². The molecule has 0 bridgehead atoms. The summed E-state index contributed by atoms with van der Waals surface area (Å²) in [5.41, 5.74) is 0.872. The van der Waals surface area contributed by atoms with Crippen LogP contribution >= 0.6 is 0 Å². The third-order valence-electron chi connectivity index (χ3n) is 3.33. The van der Waals surface area contributed by atoms with Gasteiger partial charge >= 0.3 is 6.03 Å². The number of urea groups is 1. The van der Waals surface area contributed by atoms with Crippen LogP contribution in [0.2, 0.25) is 0 Å². The smallest absolute Gasteiger partial charge is 0.315 e. The van der Waals surface area contributed by atoms with E-state index < -0.39 is 0 Å². The molecule has 0 unspecified atom stereocenters. The van der Waals surface area contributed by atoms with Gasteiger partial charge in [0.2, 0.25) is 5.88 Å². The molecule has 2 rings (SSSR count). The third-order valence-corrected chi connectivity index (χ3v) is 3.33. The lowest BCUT2D eigenvalue weighted by Gasteiger charge is -2.13. The van der Waals surface area contributed by atoms with Gasteiger partial charge in [-0.1, -0.05) is 6.07 Å². The first-order valence-corrected chi connectivity index (χ1v) is 7.91. The topological polar surface area (TPSA) is 81.7 Å². The van der Waals surface area contributed by atoms with E-state index in [0.29, 0.717) is 24.8 Å². The fraction of sp³-hybridized carbons (Fsp3) is 0.333. The second kappa shape index (κ2) is 9.48. The van der Waals surface area contributed by atoms with Crippen LogP contribution in [0.1, 0.15) is 12.5 Å². The molecule has 2 N–H and O–H groups in total. The maximum Gasteiger partial charge on any atom is 0.315 e. The van der Waals surface area contributed by atoms with Crippen LogP contribution in [-0.4, -0.2) is 37.9 Å². The lowest BCUT2D eigenvalue weighted by molar-refractivity contribution is 0.171. The van der Waals surface area contributed by atoms with E-state index in [1.807, 2.05) is 37.3 Å². The molecule has 2 aromatic rings. The number of rotatable bonds is 8. The van der Waals surface area contributed by atoms with E-state index in [1.54, 1.807) is 26.5 Å². The number of hydrogen-bond donors (Lipinski definition) is 2. The van der Waals surface area contributed by atoms with Crippen molar-refractivity contribution in [1.82, 2.24) is 15.6 Å². The van der Waals surface area contributed by atoms with E-state index in [9.17, 15) is 4.79 Å². The van der Waals surface area contributed by atoms with Crippen molar-refractivity contribution >= 4 is 6.03 Å². The molecule has 0 fully saturated rings. The highest BCUT2D eigenvalue weighted by atomic mass is 16.5. The fourth-order valence-electron chi connectivity index (χ4n) is 2.09. The Bertz CT molecular complexity index is 659. The van der Waals surface area contributed by atoms with Gasteiger partial charge in [0.05, 0.1) is 19.8 Å². The van der Waals surface area contributed by atoms with E-state index in [-0.39, 0.29) is 12.1 Å². The molecule has 1 aromatic carbocycles. The van der Waals surface area contributed by atoms with Crippen LogP contribution in [0, 0.1) is 0 Å². The summed E-state index contributed by atoms with van der Waals surface area (Å²) in [6, 6.07) is 10.6. The largest absolute Gasteiger partial charge is 0.497 e. The highest BCUT2D eigenvalue weighted by Crippen LogP contribution is 2.22. The fourth-order valence-corrected chi connectivity index (χ4v) is 2.09. The summed E-state index contributed by atoms with van der Waals surface area (Å²) in [4.78, 5) is 16.0. The monoisotopic (exact) mass is 345 g/mol. The van der Waals surface area contributed by atoms with Crippen molar-refractivity contribution in [2.75, 3.05) is 20.8 Å². The van der Waals surface area contributed by atoms with Gasteiger partial charge < -0.3 is 24.8 Å². The first-order valence-electron chi connectivity index (χ1n) is 7.91. The Labute approximate surface area is 147 Å². The van der Waals surface area contributed by atoms with Gasteiger partial charge in [0.15, 0.2) is 0 Å². The molecule has 0 saturated heterocycles. The van der Waals surface area contributed by atoms with Gasteiger partial charge in [-0.3, -0.25) is 0 Å². The summed E-state index contributed by atoms with van der Waals surface area (Å²) >= 11 is 0. The van der Waals surface area contributed by atoms with Gasteiger partial charge in [-0.25, -0.2) is 9.78 Å². The van der Waals surface area contributed by atoms with Crippen LogP contribution in [-0.2, 0) is 11.3 Å². The number of benzene rings is 1. The Kier molecular flexibility index (Phi) is 7.03. The van der Waals surface area contributed by atoms with E-state index >= 15 is 0 Å². The van der Waals surface area contributed by atoms with Gasteiger partial charge in [-0.2, -0.15) is 0 Å². The number of ether oxygens (including phenoxy) is 3. The van der Waals surface area contributed by atoms with E-state index in [4.69, 9.17) is 14.2 Å². The quantitative estimate of drug-likeness (QED) is 0.769. The third kappa shape index (κ3) is 6.31. The molecule has 1 aromatic heterocycles. The molecule has 0 spiro atoms. The average molecular weight is 345 g/mol. The number of carbonyl (C=O) groups excluding carboxylic acids is 1. The predicted molar refractivity (Wildman–Crippen MR) is 94.0 cm³/mol. The Morgan fingerprint density at radius 1 is 1.12 bits per heavy atom. The average Bonchev–Trinajstić information content (AvgIpc) is 2.62. The van der Waals surface area contributed by atoms with Crippen molar-refractivity contribution in [2.24, 2.45) is 0 Å². The van der Waals surface area contributed by atoms with Crippen molar-refractivity contribution < 1.29 is 19.0 Å². The van der Waals surface area contributed by atoms with Gasteiger partial charge in [0.1, 0.15) is 11.5 Å². The standard InChI is InChI=1S/C18H23N3O4/c1-13(12-23-2)21-18(22)20-11-14-4-9-17(19-10-14)25-16-7-5-15(24-3)6-8-16/h4-10,13H,11-12H2,1-3H3,(H2,20,21,22)/t13-/m1/s1. The number of hydrogen-bond acceptors (Lipinski definition) is 5. The molecule has 25 heavy (non-hydrogen) atoms. The number of nitrogens with zero attached hydrogens (tertiary/aromatic N) is 1. The van der Waals surface area contributed by atoms with Crippen LogP contribution in [0.4, 0.5) is 4.79 Å². The van der Waals surface area contributed by atoms with E-state index in [0.717, 1.165) is 11.3 Å². The zero-order valence-electron chi connectivity index (χ0n) is 14.6. The number of nitrogens with one attached hydrogen (secondary N) is 2.